The maximum absolute atomic E-state index is 13.0. The first-order valence-electron chi connectivity index (χ1n) is 8.09. The molecule has 0 bridgehead atoms. The van der Waals surface area contributed by atoms with Crippen LogP contribution in [0.1, 0.15) is 35.6 Å². The Hall–Kier alpha value is -2.89. The molecule has 2 amide bonds. The number of hydrogen-bond donors (Lipinski definition) is 3. The van der Waals surface area contributed by atoms with Gasteiger partial charge >= 0.3 is 6.09 Å². The molecule has 0 saturated carbocycles. The number of rotatable bonds is 4. The molecule has 0 unspecified atom stereocenters. The van der Waals surface area contributed by atoms with Gasteiger partial charge < -0.3 is 15.7 Å². The third kappa shape index (κ3) is 3.63. The SMILES string of the molecule is C[C@H](C(=O)N[C@H]1Cc2ccccc2[C@@H]1NC(=O)O)c1ccc(F)cc1. The summed E-state index contributed by atoms with van der Waals surface area (Å²) in [5, 5.41) is 14.5. The molecule has 1 aliphatic rings. The van der Waals surface area contributed by atoms with Crippen LogP contribution in [0.5, 0.6) is 0 Å². The minimum Gasteiger partial charge on any atom is -0.465 e. The van der Waals surface area contributed by atoms with E-state index in [1.165, 1.54) is 12.1 Å². The molecule has 0 heterocycles. The Morgan fingerprint density at radius 1 is 1.12 bits per heavy atom. The summed E-state index contributed by atoms with van der Waals surface area (Å²) in [5.74, 6) is -1.04. The van der Waals surface area contributed by atoms with Crippen molar-refractivity contribution in [2.24, 2.45) is 0 Å². The summed E-state index contributed by atoms with van der Waals surface area (Å²) in [5.41, 5.74) is 2.60. The number of hydrogen-bond acceptors (Lipinski definition) is 2. The summed E-state index contributed by atoms with van der Waals surface area (Å²) in [6.45, 7) is 1.74. The van der Waals surface area contributed by atoms with Crippen molar-refractivity contribution in [1.29, 1.82) is 0 Å². The quantitative estimate of drug-likeness (QED) is 0.799. The minimum atomic E-state index is -1.13. The van der Waals surface area contributed by atoms with Crippen LogP contribution in [0.25, 0.3) is 0 Å². The van der Waals surface area contributed by atoms with Gasteiger partial charge in [-0.05, 0) is 42.2 Å². The van der Waals surface area contributed by atoms with Crippen LogP contribution in [0.2, 0.25) is 0 Å². The predicted octanol–water partition coefficient (Wildman–Crippen LogP) is 2.98. The fraction of sp³-hybridized carbons (Fsp3) is 0.263. The Labute approximate surface area is 144 Å². The Kier molecular flexibility index (Phi) is 4.70. The standard InChI is InChI=1S/C19H19FN2O3/c1-11(12-6-8-14(20)9-7-12)18(23)21-16-10-13-4-2-3-5-15(13)17(16)22-19(24)25/h2-9,11,16-17,22H,10H2,1H3,(H,21,23)(H,24,25)/t11-,16-,17-/m0/s1. The second kappa shape index (κ2) is 6.93. The van der Waals surface area contributed by atoms with Crippen LogP contribution < -0.4 is 10.6 Å². The second-order valence-electron chi connectivity index (χ2n) is 6.22. The van der Waals surface area contributed by atoms with E-state index in [1.54, 1.807) is 19.1 Å². The van der Waals surface area contributed by atoms with Crippen molar-refractivity contribution in [3.05, 3.63) is 71.0 Å². The molecule has 3 N–H and O–H groups in total. The highest BCUT2D eigenvalue weighted by molar-refractivity contribution is 5.83. The van der Waals surface area contributed by atoms with Gasteiger partial charge in [-0.3, -0.25) is 4.79 Å². The molecule has 3 rings (SSSR count). The summed E-state index contributed by atoms with van der Waals surface area (Å²) in [6.07, 6.45) is -0.573. The fourth-order valence-corrected chi connectivity index (χ4v) is 3.25. The highest BCUT2D eigenvalue weighted by atomic mass is 19.1. The lowest BCUT2D eigenvalue weighted by Crippen LogP contribution is -2.45. The molecule has 0 fully saturated rings. The molecule has 0 aliphatic heterocycles. The summed E-state index contributed by atoms with van der Waals surface area (Å²) >= 11 is 0. The first kappa shape index (κ1) is 17.0. The van der Waals surface area contributed by atoms with Crippen LogP contribution in [0.4, 0.5) is 9.18 Å². The van der Waals surface area contributed by atoms with Crippen molar-refractivity contribution in [3.63, 3.8) is 0 Å². The van der Waals surface area contributed by atoms with Crippen LogP contribution in [0, 0.1) is 5.82 Å². The molecule has 0 spiro atoms. The van der Waals surface area contributed by atoms with E-state index in [0.29, 0.717) is 12.0 Å². The molecule has 3 atom stereocenters. The number of fused-ring (bicyclic) bond motifs is 1. The van der Waals surface area contributed by atoms with E-state index < -0.39 is 18.1 Å². The molecular weight excluding hydrogens is 323 g/mol. The third-order valence-electron chi connectivity index (χ3n) is 4.60. The van der Waals surface area contributed by atoms with Gasteiger partial charge in [0.15, 0.2) is 0 Å². The second-order valence-corrected chi connectivity index (χ2v) is 6.22. The molecule has 2 aromatic carbocycles. The first-order valence-corrected chi connectivity index (χ1v) is 8.09. The average Bonchev–Trinajstić information content (AvgIpc) is 2.92. The summed E-state index contributed by atoms with van der Waals surface area (Å²) in [4.78, 5) is 23.7. The zero-order valence-corrected chi connectivity index (χ0v) is 13.7. The van der Waals surface area contributed by atoms with Gasteiger partial charge in [0.1, 0.15) is 5.82 Å². The van der Waals surface area contributed by atoms with Gasteiger partial charge in [0.25, 0.3) is 0 Å². The van der Waals surface area contributed by atoms with Crippen molar-refractivity contribution < 1.29 is 19.1 Å². The van der Waals surface area contributed by atoms with Crippen molar-refractivity contribution >= 4 is 12.0 Å². The first-order chi connectivity index (χ1) is 12.0. The number of carbonyl (C=O) groups excluding carboxylic acids is 1. The van der Waals surface area contributed by atoms with Gasteiger partial charge in [0.2, 0.25) is 5.91 Å². The zero-order valence-electron chi connectivity index (χ0n) is 13.7. The van der Waals surface area contributed by atoms with Crippen molar-refractivity contribution in [2.45, 2.75) is 31.3 Å². The number of benzene rings is 2. The Morgan fingerprint density at radius 3 is 2.48 bits per heavy atom. The molecule has 1 aliphatic carbocycles. The molecule has 0 radical (unpaired) electrons. The largest absolute Gasteiger partial charge is 0.465 e. The monoisotopic (exact) mass is 342 g/mol. The molecule has 2 aromatic rings. The van der Waals surface area contributed by atoms with Crippen LogP contribution in [0.15, 0.2) is 48.5 Å². The van der Waals surface area contributed by atoms with Crippen LogP contribution in [-0.4, -0.2) is 23.1 Å². The van der Waals surface area contributed by atoms with Crippen LogP contribution in [-0.2, 0) is 11.2 Å². The Bertz CT molecular complexity index is 792. The van der Waals surface area contributed by atoms with E-state index in [1.807, 2.05) is 24.3 Å². The fourth-order valence-electron chi connectivity index (χ4n) is 3.25. The van der Waals surface area contributed by atoms with Gasteiger partial charge in [-0.1, -0.05) is 36.4 Å². The van der Waals surface area contributed by atoms with E-state index in [9.17, 15) is 14.0 Å². The average molecular weight is 342 g/mol. The highest BCUT2D eigenvalue weighted by Gasteiger charge is 2.35. The Morgan fingerprint density at radius 2 is 1.80 bits per heavy atom. The van der Waals surface area contributed by atoms with Gasteiger partial charge in [0.05, 0.1) is 18.0 Å². The minimum absolute atomic E-state index is 0.221. The molecular formula is C19H19FN2O3. The molecule has 0 saturated heterocycles. The van der Waals surface area contributed by atoms with E-state index in [2.05, 4.69) is 10.6 Å². The van der Waals surface area contributed by atoms with E-state index in [4.69, 9.17) is 5.11 Å². The smallest absolute Gasteiger partial charge is 0.405 e. The lowest BCUT2D eigenvalue weighted by molar-refractivity contribution is -0.123. The highest BCUT2D eigenvalue weighted by Crippen LogP contribution is 2.32. The van der Waals surface area contributed by atoms with Gasteiger partial charge in [-0.15, -0.1) is 0 Å². The number of carbonyl (C=O) groups is 2. The molecule has 5 nitrogen and oxygen atoms in total. The molecule has 6 heteroatoms. The molecule has 130 valence electrons. The number of halogens is 1. The number of carboxylic acid groups (broad SMARTS) is 1. The lowest BCUT2D eigenvalue weighted by atomic mass is 9.99. The van der Waals surface area contributed by atoms with Crippen molar-refractivity contribution in [3.8, 4) is 0 Å². The maximum Gasteiger partial charge on any atom is 0.405 e. The van der Waals surface area contributed by atoms with E-state index in [-0.39, 0.29) is 17.8 Å². The predicted molar refractivity (Wildman–Crippen MR) is 90.8 cm³/mol. The molecule has 0 aromatic heterocycles. The zero-order chi connectivity index (χ0) is 18.0. The van der Waals surface area contributed by atoms with Gasteiger partial charge in [-0.2, -0.15) is 0 Å². The van der Waals surface area contributed by atoms with Crippen LogP contribution in [0.3, 0.4) is 0 Å². The van der Waals surface area contributed by atoms with Crippen molar-refractivity contribution in [1.82, 2.24) is 10.6 Å². The number of amides is 2. The molecule has 25 heavy (non-hydrogen) atoms. The van der Waals surface area contributed by atoms with Gasteiger partial charge in [-0.25, -0.2) is 9.18 Å². The summed E-state index contributed by atoms with van der Waals surface area (Å²) < 4.78 is 13.0. The topological polar surface area (TPSA) is 78.4 Å². The summed E-state index contributed by atoms with van der Waals surface area (Å²) in [7, 11) is 0. The van der Waals surface area contributed by atoms with E-state index >= 15 is 0 Å². The summed E-state index contributed by atoms with van der Waals surface area (Å²) in [6, 6.07) is 12.5. The van der Waals surface area contributed by atoms with E-state index in [0.717, 1.165) is 11.1 Å². The maximum atomic E-state index is 13.0. The van der Waals surface area contributed by atoms with Crippen molar-refractivity contribution in [2.75, 3.05) is 0 Å². The normalized spacial score (nSPS) is 19.8. The van der Waals surface area contributed by atoms with Gasteiger partial charge in [0, 0.05) is 0 Å². The third-order valence-corrected chi connectivity index (χ3v) is 4.60. The lowest BCUT2D eigenvalue weighted by Gasteiger charge is -2.23. The number of nitrogens with one attached hydrogen (secondary N) is 2. The van der Waals surface area contributed by atoms with Crippen LogP contribution >= 0.6 is 0 Å². The Balaban J connectivity index is 1.75.